The van der Waals surface area contributed by atoms with Gasteiger partial charge in [0, 0.05) is 19.3 Å². The third-order valence-electron chi connectivity index (χ3n) is 3.92. The van der Waals surface area contributed by atoms with E-state index >= 15 is 0 Å². The molecule has 3 N–H and O–H groups in total. The molecule has 1 aliphatic rings. The number of nitrogens with zero attached hydrogens (tertiary/aromatic N) is 5. The third-order valence-corrected chi connectivity index (χ3v) is 3.92. The van der Waals surface area contributed by atoms with Crippen molar-refractivity contribution in [1.82, 2.24) is 14.9 Å². The average molecular weight is 292 g/mol. The van der Waals surface area contributed by atoms with Crippen molar-refractivity contribution in [3.8, 4) is 0 Å². The number of anilines is 1. The SMILES string of the molecule is Cc1cc(/C(N)=N/O)nc(N(C)CC2CCN(C)CC2)n1. The van der Waals surface area contributed by atoms with E-state index in [1.54, 1.807) is 6.07 Å². The second-order valence-electron chi connectivity index (χ2n) is 5.81. The highest BCUT2D eigenvalue weighted by Gasteiger charge is 2.19. The van der Waals surface area contributed by atoms with Gasteiger partial charge in [-0.2, -0.15) is 0 Å². The van der Waals surface area contributed by atoms with Crippen LogP contribution in [0.15, 0.2) is 11.2 Å². The van der Waals surface area contributed by atoms with Crippen LogP contribution in [0.2, 0.25) is 0 Å². The molecule has 0 amide bonds. The molecule has 0 aliphatic carbocycles. The molecule has 7 nitrogen and oxygen atoms in total. The maximum Gasteiger partial charge on any atom is 0.225 e. The number of hydrogen-bond acceptors (Lipinski definition) is 6. The molecule has 1 fully saturated rings. The van der Waals surface area contributed by atoms with E-state index in [1.165, 1.54) is 12.8 Å². The second-order valence-corrected chi connectivity index (χ2v) is 5.81. The van der Waals surface area contributed by atoms with Crippen molar-refractivity contribution in [2.45, 2.75) is 19.8 Å². The monoisotopic (exact) mass is 292 g/mol. The Bertz CT molecular complexity index is 510. The van der Waals surface area contributed by atoms with E-state index < -0.39 is 0 Å². The minimum atomic E-state index is 0.00874. The summed E-state index contributed by atoms with van der Waals surface area (Å²) in [5.41, 5.74) is 6.87. The van der Waals surface area contributed by atoms with Crippen molar-refractivity contribution in [2.24, 2.45) is 16.8 Å². The molecule has 116 valence electrons. The molecule has 1 aromatic rings. The van der Waals surface area contributed by atoms with E-state index in [0.717, 1.165) is 25.3 Å². The molecule has 0 saturated carbocycles. The van der Waals surface area contributed by atoms with Crippen LogP contribution in [0.3, 0.4) is 0 Å². The van der Waals surface area contributed by atoms with Crippen LogP contribution in [0.25, 0.3) is 0 Å². The number of nitrogens with two attached hydrogens (primary N) is 1. The fourth-order valence-corrected chi connectivity index (χ4v) is 2.62. The van der Waals surface area contributed by atoms with E-state index in [0.29, 0.717) is 17.6 Å². The lowest BCUT2D eigenvalue weighted by Gasteiger charge is -2.31. The van der Waals surface area contributed by atoms with Gasteiger partial charge in [0.15, 0.2) is 5.84 Å². The molecule has 0 bridgehead atoms. The molecule has 7 heteroatoms. The summed E-state index contributed by atoms with van der Waals surface area (Å²) >= 11 is 0. The first kappa shape index (κ1) is 15.5. The smallest absolute Gasteiger partial charge is 0.225 e. The number of rotatable bonds is 4. The molecular formula is C14H24N6O. The Labute approximate surface area is 125 Å². The summed E-state index contributed by atoms with van der Waals surface area (Å²) in [4.78, 5) is 13.2. The van der Waals surface area contributed by atoms with Gasteiger partial charge in [-0.1, -0.05) is 5.16 Å². The van der Waals surface area contributed by atoms with Crippen molar-refractivity contribution in [3.63, 3.8) is 0 Å². The molecule has 0 radical (unpaired) electrons. The van der Waals surface area contributed by atoms with E-state index in [2.05, 4.69) is 32.0 Å². The van der Waals surface area contributed by atoms with Crippen LogP contribution in [0.4, 0.5) is 5.95 Å². The van der Waals surface area contributed by atoms with Gasteiger partial charge in [0.25, 0.3) is 0 Å². The van der Waals surface area contributed by atoms with Crippen molar-refractivity contribution in [2.75, 3.05) is 38.6 Å². The summed E-state index contributed by atoms with van der Waals surface area (Å²) in [6.45, 7) is 5.08. The maximum atomic E-state index is 8.78. The first-order chi connectivity index (χ1) is 9.99. The van der Waals surface area contributed by atoms with Crippen molar-refractivity contribution < 1.29 is 5.21 Å². The minimum absolute atomic E-state index is 0.00874. The summed E-state index contributed by atoms with van der Waals surface area (Å²) in [5.74, 6) is 1.28. The molecule has 1 aromatic heterocycles. The molecule has 2 rings (SSSR count). The molecule has 1 aliphatic heterocycles. The molecule has 2 heterocycles. The highest BCUT2D eigenvalue weighted by Crippen LogP contribution is 2.19. The zero-order valence-corrected chi connectivity index (χ0v) is 13.0. The molecular weight excluding hydrogens is 268 g/mol. The predicted octanol–water partition coefficient (Wildman–Crippen LogP) is 0.658. The number of aromatic nitrogens is 2. The van der Waals surface area contributed by atoms with Crippen molar-refractivity contribution in [1.29, 1.82) is 0 Å². The lowest BCUT2D eigenvalue weighted by molar-refractivity contribution is 0.222. The van der Waals surface area contributed by atoms with Crippen molar-refractivity contribution >= 4 is 11.8 Å². The standard InChI is InChI=1S/C14H24N6O/c1-10-8-12(13(15)18-21)17-14(16-10)20(3)9-11-4-6-19(2)7-5-11/h8,11,21H,4-7,9H2,1-3H3,(H2,15,18). The Kier molecular flexibility index (Phi) is 4.95. The first-order valence-electron chi connectivity index (χ1n) is 7.23. The lowest BCUT2D eigenvalue weighted by Crippen LogP contribution is -2.36. The highest BCUT2D eigenvalue weighted by atomic mass is 16.4. The maximum absolute atomic E-state index is 8.78. The molecule has 0 atom stereocenters. The first-order valence-corrected chi connectivity index (χ1v) is 7.23. The Morgan fingerprint density at radius 2 is 2.14 bits per heavy atom. The zero-order chi connectivity index (χ0) is 15.4. The fraction of sp³-hybridized carbons (Fsp3) is 0.643. The van der Waals surface area contributed by atoms with Gasteiger partial charge in [-0.3, -0.25) is 0 Å². The second kappa shape index (κ2) is 6.71. The zero-order valence-electron chi connectivity index (χ0n) is 13.0. The Balaban J connectivity index is 2.08. The van der Waals surface area contributed by atoms with E-state index in [9.17, 15) is 0 Å². The van der Waals surface area contributed by atoms with Crippen LogP contribution in [-0.2, 0) is 0 Å². The van der Waals surface area contributed by atoms with Gasteiger partial charge in [0.2, 0.25) is 5.95 Å². The number of hydrogen-bond donors (Lipinski definition) is 2. The van der Waals surface area contributed by atoms with E-state index in [4.69, 9.17) is 10.9 Å². The molecule has 21 heavy (non-hydrogen) atoms. The van der Waals surface area contributed by atoms with Gasteiger partial charge in [0.1, 0.15) is 5.69 Å². The predicted molar refractivity (Wildman–Crippen MR) is 82.8 cm³/mol. The van der Waals surface area contributed by atoms with Gasteiger partial charge in [-0.25, -0.2) is 9.97 Å². The van der Waals surface area contributed by atoms with Gasteiger partial charge >= 0.3 is 0 Å². The van der Waals surface area contributed by atoms with E-state index in [1.807, 2.05) is 14.0 Å². The van der Waals surface area contributed by atoms with Gasteiger partial charge in [-0.05, 0) is 51.9 Å². The molecule has 0 spiro atoms. The van der Waals surface area contributed by atoms with Gasteiger partial charge in [-0.15, -0.1) is 0 Å². The number of aryl methyl sites for hydroxylation is 1. The normalized spacial score (nSPS) is 18.0. The third kappa shape index (κ3) is 4.04. The average Bonchev–Trinajstić information content (AvgIpc) is 2.48. The van der Waals surface area contributed by atoms with Crippen LogP contribution >= 0.6 is 0 Å². The van der Waals surface area contributed by atoms with Crippen molar-refractivity contribution in [3.05, 3.63) is 17.5 Å². The molecule has 1 saturated heterocycles. The van der Waals surface area contributed by atoms with Gasteiger partial charge < -0.3 is 20.7 Å². The van der Waals surface area contributed by atoms with Crippen LogP contribution < -0.4 is 10.6 Å². The topological polar surface area (TPSA) is 90.9 Å². The molecule has 0 unspecified atom stereocenters. The molecule has 0 aromatic carbocycles. The van der Waals surface area contributed by atoms with Crippen LogP contribution in [0.5, 0.6) is 0 Å². The number of likely N-dealkylation sites (tertiary alicyclic amines) is 1. The van der Waals surface area contributed by atoms with Gasteiger partial charge in [0.05, 0.1) is 0 Å². The van der Waals surface area contributed by atoms with Crippen LogP contribution in [-0.4, -0.2) is 59.6 Å². The van der Waals surface area contributed by atoms with Crippen LogP contribution in [0.1, 0.15) is 24.2 Å². The number of amidine groups is 1. The quantitative estimate of drug-likeness (QED) is 0.367. The Hall–Kier alpha value is -1.89. The summed E-state index contributed by atoms with van der Waals surface area (Å²) in [7, 11) is 4.15. The fourth-order valence-electron chi connectivity index (χ4n) is 2.62. The number of oxime groups is 1. The lowest BCUT2D eigenvalue weighted by atomic mass is 9.97. The minimum Gasteiger partial charge on any atom is -0.409 e. The van der Waals surface area contributed by atoms with Crippen LogP contribution in [0, 0.1) is 12.8 Å². The largest absolute Gasteiger partial charge is 0.409 e. The highest BCUT2D eigenvalue weighted by molar-refractivity contribution is 5.95. The Morgan fingerprint density at radius 1 is 1.48 bits per heavy atom. The summed E-state index contributed by atoms with van der Waals surface area (Å²) in [6, 6.07) is 1.71. The number of piperidine rings is 1. The summed E-state index contributed by atoms with van der Waals surface area (Å²) in [5, 5.41) is 11.8. The Morgan fingerprint density at radius 3 is 2.76 bits per heavy atom. The summed E-state index contributed by atoms with van der Waals surface area (Å²) < 4.78 is 0. The van der Waals surface area contributed by atoms with E-state index in [-0.39, 0.29) is 5.84 Å². The summed E-state index contributed by atoms with van der Waals surface area (Å²) in [6.07, 6.45) is 2.39.